The monoisotopic (exact) mass is 540 g/mol. The zero-order valence-electron chi connectivity index (χ0n) is 14.1. The van der Waals surface area contributed by atoms with Crippen molar-refractivity contribution in [3.63, 3.8) is 0 Å². The number of halogens is 18. The first-order valence-electron chi connectivity index (χ1n) is 5.36. The smallest absolute Gasteiger partial charge is 0.365 e. The summed E-state index contributed by atoms with van der Waals surface area (Å²) in [5, 5.41) is 8.96. The number of nitrogens with zero attached hydrogens (tertiary/aromatic N) is 2. The Kier molecular flexibility index (Phi) is 105. The van der Waals surface area contributed by atoms with E-state index in [4.69, 9.17) is 87.4 Å². The molecule has 0 unspecified atom stereocenters. The number of hydrogen-bond acceptors (Lipinski definition) is 4. The van der Waals surface area contributed by atoms with E-state index in [9.17, 15) is 4.79 Å². The van der Waals surface area contributed by atoms with Crippen LogP contribution < -0.4 is 0 Å². The average Bonchev–Trinajstić information content (AvgIpc) is 3.34. The first-order chi connectivity index (χ1) is 15.2. The summed E-state index contributed by atoms with van der Waals surface area (Å²) in [4.78, 5) is 18.0. The summed E-state index contributed by atoms with van der Waals surface area (Å²) in [6.45, 7) is 1.80. The van der Waals surface area contributed by atoms with Gasteiger partial charge in [0.05, 0.1) is 5.69 Å². The van der Waals surface area contributed by atoms with Gasteiger partial charge in [0.2, 0.25) is 5.01 Å². The highest BCUT2D eigenvalue weighted by Gasteiger charge is 2.20. The van der Waals surface area contributed by atoms with Gasteiger partial charge in [-0.25, -0.2) is 9.78 Å². The fraction of sp³-hybridized carbons (Fsp3) is 0.500. The lowest BCUT2D eigenvalue weighted by Crippen LogP contribution is -2.25. The number of carbonyl (C=O) groups is 1. The molecule has 2 rings (SSSR count). The van der Waals surface area contributed by atoms with Crippen LogP contribution in [-0.2, 0) is 13.0 Å². The third-order valence-electron chi connectivity index (χ3n) is 2.11. The summed E-state index contributed by atoms with van der Waals surface area (Å²) >= 11 is 1.29. The molecule has 1 N–H and O–H groups in total. The van der Waals surface area contributed by atoms with Gasteiger partial charge in [0.1, 0.15) is 0 Å². The Morgan fingerprint density at radius 2 is 1.10 bits per heavy atom. The van der Waals surface area contributed by atoms with Crippen LogP contribution in [0, 0.1) is 0 Å². The van der Waals surface area contributed by atoms with Crippen LogP contribution in [0.1, 0.15) is 20.4 Å². The molecular formula is C8H10F18N2O2S. The summed E-state index contributed by atoms with van der Waals surface area (Å²) in [6, 6.07) is 0. The van der Waals surface area contributed by atoms with Crippen LogP contribution in [0.2, 0.25) is 0 Å². The summed E-state index contributed by atoms with van der Waals surface area (Å²) < 4.78 is 144. The Bertz CT molecular complexity index is 378. The lowest BCUT2D eigenvalue weighted by Gasteiger charge is -2.20. The van der Waals surface area contributed by atoms with E-state index in [0.29, 0.717) is 0 Å². The number of aromatic nitrogens is 1. The van der Waals surface area contributed by atoms with Gasteiger partial charge in [-0.1, -0.05) is 0 Å². The quantitative estimate of drug-likeness (QED) is 0.364. The van der Waals surface area contributed by atoms with Gasteiger partial charge in [-0.3, -0.25) is 0 Å². The van der Waals surface area contributed by atoms with E-state index in [-0.39, 0.29) is 5.01 Å². The molecule has 0 aliphatic carbocycles. The molecular weight excluding hydrogens is 530 g/mol. The third kappa shape index (κ3) is 35.6. The van der Waals surface area contributed by atoms with E-state index in [2.05, 4.69) is 9.88 Å². The summed E-state index contributed by atoms with van der Waals surface area (Å²) in [6.07, 6.45) is 0.871. The molecule has 1 aromatic rings. The first-order valence-corrected chi connectivity index (χ1v) is 6.17. The molecule has 0 amide bonds. The number of fused-ring (bicyclic) bond motifs is 1. The van der Waals surface area contributed by atoms with E-state index >= 15 is 0 Å². The van der Waals surface area contributed by atoms with Crippen molar-refractivity contribution in [3.05, 3.63) is 15.6 Å². The van der Waals surface area contributed by atoms with Gasteiger partial charge in [0.25, 0.3) is 0 Å². The zero-order chi connectivity index (χ0) is 27.4. The van der Waals surface area contributed by atoms with Crippen molar-refractivity contribution in [2.45, 2.75) is 13.0 Å². The summed E-state index contributed by atoms with van der Waals surface area (Å²) in [5.74, 6) is -0.915. The van der Waals surface area contributed by atoms with E-state index in [1.54, 1.807) is 0 Å². The van der Waals surface area contributed by atoms with Crippen molar-refractivity contribution in [1.82, 2.24) is 9.88 Å². The van der Waals surface area contributed by atoms with Crippen LogP contribution in [0.15, 0.2) is 0 Å². The standard InChI is InChI=1S/C8H10N2O2S.9F2/c1-10-3-2-5-6(4-10)13-7(9-5)8(11)12;9*1-2/h2-4H2,1H3,(H,11,12);;;;;;;;;. The lowest BCUT2D eigenvalue weighted by molar-refractivity contribution is 0.0696. The number of hydrogen-bond donors (Lipinski definition) is 1. The van der Waals surface area contributed by atoms with Crippen molar-refractivity contribution in [2.24, 2.45) is 0 Å². The van der Waals surface area contributed by atoms with E-state index in [1.165, 1.54) is 11.3 Å². The molecule has 1 aromatic heterocycles. The van der Waals surface area contributed by atoms with Crippen LogP contribution in [0.25, 0.3) is 0 Å². The van der Waals surface area contributed by atoms with Crippen LogP contribution in [0.3, 0.4) is 0 Å². The highest BCUT2D eigenvalue weighted by atomic mass is 32.1. The largest absolute Gasteiger partial charge is 0.476 e. The van der Waals surface area contributed by atoms with Crippen molar-refractivity contribution < 1.29 is 92.2 Å². The fourth-order valence-electron chi connectivity index (χ4n) is 1.41. The maximum absolute atomic E-state index is 10.6. The van der Waals surface area contributed by atoms with Gasteiger partial charge in [-0.2, -0.15) is 0 Å². The molecule has 31 heavy (non-hydrogen) atoms. The number of carboxylic acid groups (broad SMARTS) is 1. The summed E-state index contributed by atoms with van der Waals surface area (Å²) in [7, 11) is 2.03. The van der Waals surface area contributed by atoms with E-state index < -0.39 is 5.97 Å². The maximum atomic E-state index is 10.6. The lowest BCUT2D eigenvalue weighted by atomic mass is 10.2. The van der Waals surface area contributed by atoms with Crippen molar-refractivity contribution in [2.75, 3.05) is 13.6 Å². The second kappa shape index (κ2) is 63.0. The Morgan fingerprint density at radius 3 is 1.39 bits per heavy atom. The Morgan fingerprint density at radius 1 is 0.774 bits per heavy atom. The second-order valence-electron chi connectivity index (χ2n) is 3.18. The van der Waals surface area contributed by atoms with Gasteiger partial charge in [-0.05, 0) is 7.05 Å². The molecule has 2 heterocycles. The van der Waals surface area contributed by atoms with Gasteiger partial charge < -0.3 is 10.0 Å². The number of rotatable bonds is 1. The molecule has 0 bridgehead atoms. The third-order valence-corrected chi connectivity index (χ3v) is 3.18. The molecule has 0 atom stereocenters. The number of carboxylic acids is 1. The Balaban J connectivity index is -0.0000000417. The van der Waals surface area contributed by atoms with Crippen LogP contribution in [0.4, 0.5) is 82.3 Å². The fourth-order valence-corrected chi connectivity index (χ4v) is 2.44. The molecule has 0 spiro atoms. The predicted octanol–water partition coefficient (Wildman–Crippen LogP) is 8.39. The molecule has 0 aromatic carbocycles. The van der Waals surface area contributed by atoms with Gasteiger partial charge in [0, 0.05) is 107 Å². The van der Waals surface area contributed by atoms with Crippen molar-refractivity contribution in [1.29, 1.82) is 0 Å². The molecule has 1 aliphatic heterocycles. The minimum atomic E-state index is -0.915. The highest BCUT2D eigenvalue weighted by molar-refractivity contribution is 7.13. The topological polar surface area (TPSA) is 53.4 Å². The van der Waals surface area contributed by atoms with Gasteiger partial charge in [0.15, 0.2) is 0 Å². The maximum Gasteiger partial charge on any atom is 0.365 e. The first kappa shape index (κ1) is 51.4. The Hall–Kier alpha value is -2.20. The van der Waals surface area contributed by atoms with E-state index in [1.807, 2.05) is 7.05 Å². The van der Waals surface area contributed by atoms with Crippen LogP contribution in [-0.4, -0.2) is 34.6 Å². The molecule has 0 saturated carbocycles. The number of thiazole rings is 1. The molecule has 0 radical (unpaired) electrons. The minimum absolute atomic E-state index is 0.223. The van der Waals surface area contributed by atoms with Gasteiger partial charge >= 0.3 is 5.97 Å². The molecule has 196 valence electrons. The second-order valence-corrected chi connectivity index (χ2v) is 4.27. The Labute approximate surface area is 163 Å². The minimum Gasteiger partial charge on any atom is -0.476 e. The average molecular weight is 540 g/mol. The number of likely N-dealkylation sites (N-methyl/N-ethyl adjacent to an activating group) is 1. The van der Waals surface area contributed by atoms with E-state index in [0.717, 1.165) is 30.1 Å². The molecule has 23 heteroatoms. The van der Waals surface area contributed by atoms with Crippen LogP contribution >= 0.6 is 11.3 Å². The molecule has 0 saturated heterocycles. The summed E-state index contributed by atoms with van der Waals surface area (Å²) in [5.41, 5.74) is 0.973. The van der Waals surface area contributed by atoms with Gasteiger partial charge in [-0.15, -0.1) is 11.3 Å². The number of aromatic carboxylic acids is 1. The van der Waals surface area contributed by atoms with Crippen molar-refractivity contribution >= 4 is 17.3 Å². The molecule has 4 nitrogen and oxygen atoms in total. The normalized spacial score (nSPS) is 8.87. The predicted molar refractivity (Wildman–Crippen MR) is 69.1 cm³/mol. The van der Waals surface area contributed by atoms with Crippen molar-refractivity contribution in [3.8, 4) is 0 Å². The highest BCUT2D eigenvalue weighted by Crippen LogP contribution is 2.24. The van der Waals surface area contributed by atoms with Crippen LogP contribution in [0.5, 0.6) is 0 Å². The molecule has 0 fully saturated rings. The zero-order valence-corrected chi connectivity index (χ0v) is 14.9. The molecule has 1 aliphatic rings. The SMILES string of the molecule is CN1CCc2nc(C(=O)O)sc2C1.FF.FF.FF.FF.FF.FF.FF.FF.FF.